The molecule has 0 saturated heterocycles. The van der Waals surface area contributed by atoms with Crippen LogP contribution in [0.15, 0.2) is 35.8 Å². The van der Waals surface area contributed by atoms with Gasteiger partial charge in [-0.25, -0.2) is 9.97 Å². The van der Waals surface area contributed by atoms with Gasteiger partial charge in [0.2, 0.25) is 0 Å². The molecular formula is C17H13N3OS2. The van der Waals surface area contributed by atoms with Crippen molar-refractivity contribution in [2.75, 3.05) is 5.32 Å². The number of carbonyl (C=O) groups excluding carboxylic acids is 1. The maximum Gasteiger partial charge on any atom is 0.257 e. The Morgan fingerprint density at radius 2 is 1.96 bits per heavy atom. The first kappa shape index (κ1) is 14.3. The van der Waals surface area contributed by atoms with Crippen LogP contribution in [0.2, 0.25) is 0 Å². The lowest BCUT2D eigenvalue weighted by Gasteiger charge is -2.01. The van der Waals surface area contributed by atoms with Crippen molar-refractivity contribution in [1.29, 1.82) is 0 Å². The van der Waals surface area contributed by atoms with Crippen LogP contribution in [0.3, 0.4) is 0 Å². The number of amides is 1. The van der Waals surface area contributed by atoms with Crippen molar-refractivity contribution >= 4 is 54.1 Å². The topological polar surface area (TPSA) is 54.9 Å². The van der Waals surface area contributed by atoms with E-state index in [9.17, 15) is 4.79 Å². The first-order valence-corrected chi connectivity index (χ1v) is 8.83. The number of rotatable bonds is 2. The van der Waals surface area contributed by atoms with Crippen LogP contribution in [0, 0.1) is 13.8 Å². The SMILES string of the molecule is Cc1ccc(C)c2sc(NC(=O)c3ccc4ncsc4c3)nc12. The molecule has 1 N–H and O–H groups in total. The van der Waals surface area contributed by atoms with Crippen molar-refractivity contribution in [3.05, 3.63) is 52.5 Å². The van der Waals surface area contributed by atoms with E-state index < -0.39 is 0 Å². The van der Waals surface area contributed by atoms with Gasteiger partial charge in [0.1, 0.15) is 0 Å². The summed E-state index contributed by atoms with van der Waals surface area (Å²) < 4.78 is 2.13. The highest BCUT2D eigenvalue weighted by Crippen LogP contribution is 2.31. The fourth-order valence-electron chi connectivity index (χ4n) is 2.48. The number of benzene rings is 2. The smallest absolute Gasteiger partial charge is 0.257 e. The van der Waals surface area contributed by atoms with Gasteiger partial charge < -0.3 is 0 Å². The molecule has 0 saturated carbocycles. The highest BCUT2D eigenvalue weighted by atomic mass is 32.1. The number of hydrogen-bond acceptors (Lipinski definition) is 5. The Hall–Kier alpha value is -2.31. The molecule has 6 heteroatoms. The lowest BCUT2D eigenvalue weighted by atomic mass is 10.1. The fraction of sp³-hybridized carbons (Fsp3) is 0.118. The van der Waals surface area contributed by atoms with Crippen molar-refractivity contribution < 1.29 is 4.79 Å². The van der Waals surface area contributed by atoms with Crippen molar-refractivity contribution in [2.24, 2.45) is 0 Å². The predicted octanol–water partition coefficient (Wildman–Crippen LogP) is 4.78. The summed E-state index contributed by atoms with van der Waals surface area (Å²) in [5, 5.41) is 3.54. The van der Waals surface area contributed by atoms with E-state index in [2.05, 4.69) is 34.3 Å². The molecule has 114 valence electrons. The first-order chi connectivity index (χ1) is 11.1. The zero-order valence-corrected chi connectivity index (χ0v) is 14.2. The van der Waals surface area contributed by atoms with Crippen molar-refractivity contribution in [2.45, 2.75) is 13.8 Å². The number of thiazole rings is 2. The highest BCUT2D eigenvalue weighted by molar-refractivity contribution is 7.22. The van der Waals surface area contributed by atoms with E-state index in [1.54, 1.807) is 11.6 Å². The molecular weight excluding hydrogens is 326 g/mol. The van der Waals surface area contributed by atoms with Crippen molar-refractivity contribution in [3.63, 3.8) is 0 Å². The van der Waals surface area contributed by atoms with Gasteiger partial charge in [0.05, 0.1) is 25.9 Å². The molecule has 23 heavy (non-hydrogen) atoms. The number of fused-ring (bicyclic) bond motifs is 2. The average molecular weight is 339 g/mol. The van der Waals surface area contributed by atoms with Crippen molar-refractivity contribution in [3.8, 4) is 0 Å². The van der Waals surface area contributed by atoms with Gasteiger partial charge in [0.15, 0.2) is 5.13 Å². The van der Waals surface area contributed by atoms with Gasteiger partial charge in [0.25, 0.3) is 5.91 Å². The summed E-state index contributed by atoms with van der Waals surface area (Å²) in [5.41, 5.74) is 6.57. The number of carbonyl (C=O) groups is 1. The van der Waals surface area contributed by atoms with Crippen LogP contribution in [0.1, 0.15) is 21.5 Å². The standard InChI is InChI=1S/C17H13N3OS2/c1-9-3-4-10(2)15-14(9)19-17(23-15)20-16(21)11-5-6-12-13(7-11)22-8-18-12/h3-8H,1-2H3,(H,19,20,21). The second-order valence-corrected chi connectivity index (χ2v) is 7.27. The van der Waals surface area contributed by atoms with Gasteiger partial charge in [0, 0.05) is 5.56 Å². The zero-order valence-electron chi connectivity index (χ0n) is 12.6. The lowest BCUT2D eigenvalue weighted by Crippen LogP contribution is -2.11. The number of aryl methyl sites for hydroxylation is 2. The summed E-state index contributed by atoms with van der Waals surface area (Å²) in [5.74, 6) is -0.144. The molecule has 0 aliphatic rings. The average Bonchev–Trinajstić information content (AvgIpc) is 3.17. The normalized spacial score (nSPS) is 11.2. The van der Waals surface area contributed by atoms with Crippen LogP contribution < -0.4 is 5.32 Å². The van der Waals surface area contributed by atoms with E-state index in [0.717, 1.165) is 26.0 Å². The quantitative estimate of drug-likeness (QED) is 0.572. The minimum absolute atomic E-state index is 0.144. The molecule has 0 unspecified atom stereocenters. The third-order valence-corrected chi connectivity index (χ3v) is 5.65. The lowest BCUT2D eigenvalue weighted by molar-refractivity contribution is 0.102. The molecule has 0 fully saturated rings. The molecule has 2 aromatic heterocycles. The van der Waals surface area contributed by atoms with E-state index in [4.69, 9.17) is 0 Å². The van der Waals surface area contributed by atoms with E-state index in [1.165, 1.54) is 28.2 Å². The van der Waals surface area contributed by atoms with E-state index in [0.29, 0.717) is 10.7 Å². The fourth-order valence-corrected chi connectivity index (χ4v) is 4.20. The van der Waals surface area contributed by atoms with Gasteiger partial charge >= 0.3 is 0 Å². The van der Waals surface area contributed by atoms with Gasteiger partial charge in [-0.1, -0.05) is 23.5 Å². The number of nitrogens with one attached hydrogen (secondary N) is 1. The van der Waals surface area contributed by atoms with Crippen LogP contribution in [0.25, 0.3) is 20.4 Å². The largest absolute Gasteiger partial charge is 0.298 e. The number of aromatic nitrogens is 2. The maximum absolute atomic E-state index is 12.5. The number of hydrogen-bond donors (Lipinski definition) is 1. The Bertz CT molecular complexity index is 1010. The molecule has 0 aliphatic carbocycles. The second-order valence-electron chi connectivity index (χ2n) is 5.39. The molecule has 2 aromatic carbocycles. The van der Waals surface area contributed by atoms with Crippen LogP contribution in [-0.2, 0) is 0 Å². The van der Waals surface area contributed by atoms with Gasteiger partial charge in [-0.2, -0.15) is 0 Å². The Balaban J connectivity index is 1.68. The molecule has 4 rings (SSSR count). The van der Waals surface area contributed by atoms with Gasteiger partial charge in [-0.05, 0) is 43.2 Å². The highest BCUT2D eigenvalue weighted by Gasteiger charge is 2.13. The summed E-state index contributed by atoms with van der Waals surface area (Å²) in [7, 11) is 0. The summed E-state index contributed by atoms with van der Waals surface area (Å²) in [6, 6.07) is 9.67. The molecule has 0 aliphatic heterocycles. The Morgan fingerprint density at radius 3 is 2.78 bits per heavy atom. The number of nitrogens with zero attached hydrogens (tertiary/aromatic N) is 2. The van der Waals surface area contributed by atoms with Gasteiger partial charge in [-0.15, -0.1) is 11.3 Å². The molecule has 0 spiro atoms. The van der Waals surface area contributed by atoms with Gasteiger partial charge in [-0.3, -0.25) is 10.1 Å². The zero-order chi connectivity index (χ0) is 16.0. The summed E-state index contributed by atoms with van der Waals surface area (Å²) in [6.07, 6.45) is 0. The van der Waals surface area contributed by atoms with E-state index in [-0.39, 0.29) is 5.91 Å². The second kappa shape index (κ2) is 5.40. The van der Waals surface area contributed by atoms with Crippen LogP contribution in [-0.4, -0.2) is 15.9 Å². The maximum atomic E-state index is 12.5. The molecule has 0 bridgehead atoms. The summed E-state index contributed by atoms with van der Waals surface area (Å²) >= 11 is 3.04. The Kier molecular flexibility index (Phi) is 3.36. The Morgan fingerprint density at radius 1 is 1.13 bits per heavy atom. The minimum atomic E-state index is -0.144. The van der Waals surface area contributed by atoms with Crippen LogP contribution in [0.5, 0.6) is 0 Å². The van der Waals surface area contributed by atoms with Crippen LogP contribution >= 0.6 is 22.7 Å². The molecule has 0 radical (unpaired) electrons. The number of anilines is 1. The van der Waals surface area contributed by atoms with E-state index >= 15 is 0 Å². The van der Waals surface area contributed by atoms with Crippen LogP contribution in [0.4, 0.5) is 5.13 Å². The molecule has 0 atom stereocenters. The van der Waals surface area contributed by atoms with E-state index in [1.807, 2.05) is 19.1 Å². The predicted molar refractivity (Wildman–Crippen MR) is 96.7 cm³/mol. The molecule has 4 aromatic rings. The third-order valence-electron chi connectivity index (χ3n) is 3.76. The summed E-state index contributed by atoms with van der Waals surface area (Å²) in [4.78, 5) is 21.3. The molecule has 4 nitrogen and oxygen atoms in total. The monoisotopic (exact) mass is 339 g/mol. The minimum Gasteiger partial charge on any atom is -0.298 e. The molecule has 2 heterocycles. The molecule has 1 amide bonds. The van der Waals surface area contributed by atoms with Crippen molar-refractivity contribution in [1.82, 2.24) is 9.97 Å². The third kappa shape index (κ3) is 2.50. The first-order valence-electron chi connectivity index (χ1n) is 7.13. The Labute approximate surface area is 140 Å². The summed E-state index contributed by atoms with van der Waals surface area (Å²) in [6.45, 7) is 4.09.